The van der Waals surface area contributed by atoms with Crippen LogP contribution in [0, 0.1) is 0 Å². The molecule has 1 aliphatic heterocycles. The first-order valence-corrected chi connectivity index (χ1v) is 13.5. The van der Waals surface area contributed by atoms with Crippen molar-refractivity contribution in [1.82, 2.24) is 15.2 Å². The molecule has 0 saturated carbocycles. The van der Waals surface area contributed by atoms with Gasteiger partial charge in [0.1, 0.15) is 0 Å². The van der Waals surface area contributed by atoms with Crippen LogP contribution >= 0.6 is 0 Å². The minimum atomic E-state index is -4.26. The molecular formula is C29H22N4O5S. The molecule has 0 radical (unpaired) electrons. The minimum absolute atomic E-state index is 0.0424. The average Bonchev–Trinajstić information content (AvgIpc) is 3.17. The average molecular weight is 539 g/mol. The third kappa shape index (κ3) is 4.19. The van der Waals surface area contributed by atoms with Gasteiger partial charge < -0.3 is 0 Å². The number of nitrogens with one attached hydrogen (secondary N) is 1. The Hall–Kier alpha value is -4.67. The maximum Gasteiger partial charge on any atom is 0.298 e. The molecule has 1 atom stereocenters. The van der Waals surface area contributed by atoms with Gasteiger partial charge in [0.2, 0.25) is 0 Å². The summed E-state index contributed by atoms with van der Waals surface area (Å²) in [6.07, 6.45) is 3.54. The van der Waals surface area contributed by atoms with E-state index in [1.807, 2.05) is 12.1 Å². The number of anilines is 2. The zero-order valence-electron chi connectivity index (χ0n) is 20.7. The molecule has 9 nitrogen and oxygen atoms in total. The second kappa shape index (κ2) is 9.26. The molecule has 5 aromatic rings. The van der Waals surface area contributed by atoms with Crippen LogP contribution in [0.15, 0.2) is 107 Å². The quantitative estimate of drug-likeness (QED) is 0.321. The second-order valence-corrected chi connectivity index (χ2v) is 10.9. The molecule has 6 rings (SSSR count). The van der Waals surface area contributed by atoms with Crippen LogP contribution in [0.5, 0.6) is 0 Å². The van der Waals surface area contributed by atoms with E-state index in [1.165, 1.54) is 30.2 Å². The fourth-order valence-corrected chi connectivity index (χ4v) is 6.08. The normalized spacial score (nSPS) is 16.9. The Balaban J connectivity index is 1.38. The van der Waals surface area contributed by atoms with E-state index >= 15 is 0 Å². The number of para-hydroxylation sites is 1. The van der Waals surface area contributed by atoms with Crippen LogP contribution in [-0.2, 0) is 31.1 Å². The summed E-state index contributed by atoms with van der Waals surface area (Å²) in [5, 5.41) is 8.03. The topological polar surface area (TPSA) is 122 Å². The highest BCUT2D eigenvalue weighted by molar-refractivity contribution is 7.86. The molecule has 0 spiro atoms. The molecular weight excluding hydrogens is 516 g/mol. The molecule has 194 valence electrons. The summed E-state index contributed by atoms with van der Waals surface area (Å²) >= 11 is 0. The summed E-state index contributed by atoms with van der Waals surface area (Å²) in [6, 6.07) is 23.6. The summed E-state index contributed by atoms with van der Waals surface area (Å²) in [5.74, 6) is -0.560. The van der Waals surface area contributed by atoms with E-state index in [4.69, 9.17) is 4.18 Å². The van der Waals surface area contributed by atoms with E-state index in [0.29, 0.717) is 34.4 Å². The van der Waals surface area contributed by atoms with Crippen molar-refractivity contribution in [1.29, 1.82) is 0 Å². The Morgan fingerprint density at radius 1 is 0.897 bits per heavy atom. The molecule has 0 bridgehead atoms. The van der Waals surface area contributed by atoms with Crippen LogP contribution in [0.2, 0.25) is 0 Å². The van der Waals surface area contributed by atoms with Gasteiger partial charge in [0.05, 0.1) is 33.5 Å². The van der Waals surface area contributed by atoms with E-state index in [9.17, 15) is 18.0 Å². The molecule has 0 saturated heterocycles. The molecule has 0 aliphatic carbocycles. The third-order valence-electron chi connectivity index (χ3n) is 6.76. The molecule has 3 aromatic carbocycles. The number of pyridine rings is 1. The molecule has 39 heavy (non-hydrogen) atoms. The van der Waals surface area contributed by atoms with Gasteiger partial charge in [-0.3, -0.25) is 19.5 Å². The first-order valence-electron chi connectivity index (χ1n) is 12.1. The van der Waals surface area contributed by atoms with Crippen molar-refractivity contribution < 1.29 is 17.4 Å². The van der Waals surface area contributed by atoms with Gasteiger partial charge in [0.25, 0.3) is 21.6 Å². The highest BCUT2D eigenvalue weighted by Gasteiger charge is 2.52. The van der Waals surface area contributed by atoms with Gasteiger partial charge >= 0.3 is 0 Å². The number of nitrogens with zero attached hydrogens (tertiary/aromatic N) is 3. The highest BCUT2D eigenvalue weighted by Crippen LogP contribution is 2.47. The van der Waals surface area contributed by atoms with Gasteiger partial charge in [-0.2, -0.15) is 13.5 Å². The number of hydrogen-bond donors (Lipinski definition) is 1. The van der Waals surface area contributed by atoms with Crippen LogP contribution in [-0.4, -0.2) is 29.5 Å². The maximum absolute atomic E-state index is 13.9. The van der Waals surface area contributed by atoms with Crippen molar-refractivity contribution >= 4 is 38.2 Å². The Kier molecular flexibility index (Phi) is 5.86. The Bertz CT molecular complexity index is 1910. The monoisotopic (exact) mass is 538 g/mol. The summed E-state index contributed by atoms with van der Waals surface area (Å²) in [5.41, 5.74) is 0.701. The fraction of sp³-hybridized carbons (Fsp3) is 0.103. The number of aromatic nitrogens is 3. The van der Waals surface area contributed by atoms with Crippen LogP contribution in [0.25, 0.3) is 10.8 Å². The van der Waals surface area contributed by atoms with Gasteiger partial charge in [-0.25, -0.2) is 9.28 Å². The second-order valence-electron chi connectivity index (χ2n) is 9.31. The summed E-state index contributed by atoms with van der Waals surface area (Å²) < 4.78 is 32.0. The molecule has 10 heteroatoms. The first kappa shape index (κ1) is 24.7. The minimum Gasteiger partial charge on any atom is -0.276 e. The zero-order valence-corrected chi connectivity index (χ0v) is 21.6. The maximum atomic E-state index is 13.9. The lowest BCUT2D eigenvalue weighted by Crippen LogP contribution is -2.39. The number of benzene rings is 3. The van der Waals surface area contributed by atoms with Crippen LogP contribution in [0.3, 0.4) is 0 Å². The lowest BCUT2D eigenvalue weighted by molar-refractivity contribution is -0.130. The molecule has 1 amide bonds. The third-order valence-corrected chi connectivity index (χ3v) is 8.17. The predicted molar refractivity (Wildman–Crippen MR) is 145 cm³/mol. The van der Waals surface area contributed by atoms with Crippen molar-refractivity contribution in [2.24, 2.45) is 0 Å². The van der Waals surface area contributed by atoms with Gasteiger partial charge in [-0.05, 0) is 42.8 Å². The van der Waals surface area contributed by atoms with Gasteiger partial charge in [0, 0.05) is 23.6 Å². The van der Waals surface area contributed by atoms with Crippen LogP contribution in [0.1, 0.15) is 23.7 Å². The number of aromatic amines is 1. The number of rotatable bonds is 6. The number of carbonyl (C=O) groups excluding carboxylic acids is 1. The Morgan fingerprint density at radius 2 is 1.59 bits per heavy atom. The number of fused-ring (bicyclic) bond motifs is 2. The van der Waals surface area contributed by atoms with Crippen molar-refractivity contribution in [3.05, 3.63) is 124 Å². The summed E-state index contributed by atoms with van der Waals surface area (Å²) in [7, 11) is -4.26. The van der Waals surface area contributed by atoms with E-state index in [-0.39, 0.29) is 10.5 Å². The van der Waals surface area contributed by atoms with Gasteiger partial charge in [-0.1, -0.05) is 54.6 Å². The number of carbonyl (C=O) groups is 1. The zero-order chi connectivity index (χ0) is 27.2. The van der Waals surface area contributed by atoms with E-state index in [2.05, 4.69) is 15.2 Å². The lowest BCUT2D eigenvalue weighted by atomic mass is 9.98. The summed E-state index contributed by atoms with van der Waals surface area (Å²) in [4.78, 5) is 31.8. The standard InChI is InChI=1S/C29H22N4O5S/c1-29(38-39(36,37)21-9-3-2-4-10-21)24-13-7-8-14-26(24)33(28(29)35)20-15-19(17-30-18-20)16-25-22-11-5-6-12-23(22)27(34)32-31-25/h2-15,17-18H,16H2,1H3,(H,32,34)/t29-/m1/s1. The smallest absolute Gasteiger partial charge is 0.276 e. The molecule has 1 aliphatic rings. The number of H-pyrrole nitrogens is 1. The van der Waals surface area contributed by atoms with E-state index in [1.54, 1.807) is 66.9 Å². The van der Waals surface area contributed by atoms with Crippen LogP contribution < -0.4 is 10.5 Å². The molecule has 0 unspecified atom stereocenters. The number of hydrogen-bond acceptors (Lipinski definition) is 7. The van der Waals surface area contributed by atoms with Gasteiger partial charge in [-0.15, -0.1) is 0 Å². The molecule has 3 heterocycles. The molecule has 0 fully saturated rings. The summed E-state index contributed by atoms with van der Waals surface area (Å²) in [6.45, 7) is 1.46. The van der Waals surface area contributed by atoms with Crippen molar-refractivity contribution in [2.45, 2.75) is 23.8 Å². The SMILES string of the molecule is C[C@]1(OS(=O)(=O)c2ccccc2)C(=O)N(c2cncc(Cc3n[nH]c(=O)c4ccccc34)c2)c2ccccc21. The van der Waals surface area contributed by atoms with Crippen molar-refractivity contribution in [3.8, 4) is 0 Å². The number of amides is 1. The van der Waals surface area contributed by atoms with Crippen LogP contribution in [0.4, 0.5) is 11.4 Å². The molecule has 2 aromatic heterocycles. The fourth-order valence-electron chi connectivity index (χ4n) is 4.89. The van der Waals surface area contributed by atoms with Crippen molar-refractivity contribution in [3.63, 3.8) is 0 Å². The van der Waals surface area contributed by atoms with Crippen molar-refractivity contribution in [2.75, 3.05) is 4.90 Å². The first-order chi connectivity index (χ1) is 18.8. The predicted octanol–water partition coefficient (Wildman–Crippen LogP) is 4.21. The van der Waals surface area contributed by atoms with E-state index < -0.39 is 21.6 Å². The highest BCUT2D eigenvalue weighted by atomic mass is 32.2. The molecule has 1 N–H and O–H groups in total. The largest absolute Gasteiger partial charge is 0.298 e. The lowest BCUT2D eigenvalue weighted by Gasteiger charge is -2.24. The van der Waals surface area contributed by atoms with E-state index in [0.717, 1.165) is 10.9 Å². The Labute approximate surface area is 223 Å². The van der Waals surface area contributed by atoms with Gasteiger partial charge in [0.15, 0.2) is 5.60 Å². The Morgan fingerprint density at radius 3 is 2.38 bits per heavy atom.